The standard InChI is InChI=1S/C16H18BrNO/c1-11-4-3-5-12(2)15(11)10-19-16-7-6-14(17)8-13(16)9-18/h3-8H,9-10,18H2,1-2H3. The quantitative estimate of drug-likeness (QED) is 0.920. The average Bonchev–Trinajstić information content (AvgIpc) is 2.39. The fourth-order valence-corrected chi connectivity index (χ4v) is 2.48. The van der Waals surface area contributed by atoms with Gasteiger partial charge in [0.1, 0.15) is 12.4 Å². The Morgan fingerprint density at radius 2 is 1.79 bits per heavy atom. The molecule has 2 aromatic rings. The maximum absolute atomic E-state index is 5.93. The van der Waals surface area contributed by atoms with Crippen molar-refractivity contribution in [1.29, 1.82) is 0 Å². The highest BCUT2D eigenvalue weighted by Crippen LogP contribution is 2.24. The van der Waals surface area contributed by atoms with Gasteiger partial charge in [0.2, 0.25) is 0 Å². The maximum atomic E-state index is 5.93. The first-order valence-electron chi connectivity index (χ1n) is 6.28. The second-order valence-electron chi connectivity index (χ2n) is 4.62. The van der Waals surface area contributed by atoms with Gasteiger partial charge in [-0.3, -0.25) is 0 Å². The van der Waals surface area contributed by atoms with Crippen LogP contribution in [0, 0.1) is 13.8 Å². The highest BCUT2D eigenvalue weighted by atomic mass is 79.9. The van der Waals surface area contributed by atoms with Crippen LogP contribution in [0.3, 0.4) is 0 Å². The van der Waals surface area contributed by atoms with E-state index in [1.807, 2.05) is 18.2 Å². The van der Waals surface area contributed by atoms with Gasteiger partial charge in [-0.25, -0.2) is 0 Å². The first kappa shape index (κ1) is 14.1. The van der Waals surface area contributed by atoms with Gasteiger partial charge in [-0.2, -0.15) is 0 Å². The minimum atomic E-state index is 0.474. The molecule has 100 valence electrons. The lowest BCUT2D eigenvalue weighted by atomic mass is 10.0. The molecule has 0 fully saturated rings. The second kappa shape index (κ2) is 6.22. The summed E-state index contributed by atoms with van der Waals surface area (Å²) in [6.45, 7) is 5.27. The number of hydrogen-bond acceptors (Lipinski definition) is 2. The Kier molecular flexibility index (Phi) is 4.61. The third kappa shape index (κ3) is 3.37. The molecular weight excluding hydrogens is 302 g/mol. The van der Waals surface area contributed by atoms with Gasteiger partial charge in [-0.15, -0.1) is 0 Å². The Balaban J connectivity index is 2.19. The molecule has 3 heteroatoms. The molecule has 19 heavy (non-hydrogen) atoms. The average molecular weight is 320 g/mol. The Hall–Kier alpha value is -1.32. The predicted molar refractivity (Wildman–Crippen MR) is 82.3 cm³/mol. The van der Waals surface area contributed by atoms with E-state index in [1.165, 1.54) is 16.7 Å². The minimum absolute atomic E-state index is 0.474. The number of nitrogens with two attached hydrogens (primary N) is 1. The molecule has 2 rings (SSSR count). The van der Waals surface area contributed by atoms with Crippen molar-refractivity contribution in [1.82, 2.24) is 0 Å². The van der Waals surface area contributed by atoms with Crippen LogP contribution in [0.1, 0.15) is 22.3 Å². The van der Waals surface area contributed by atoms with Gasteiger partial charge in [0.15, 0.2) is 0 Å². The topological polar surface area (TPSA) is 35.2 Å². The zero-order valence-corrected chi connectivity index (χ0v) is 12.8. The molecule has 0 spiro atoms. The van der Waals surface area contributed by atoms with Crippen molar-refractivity contribution < 1.29 is 4.74 Å². The predicted octanol–water partition coefficient (Wildman–Crippen LogP) is 4.10. The van der Waals surface area contributed by atoms with E-state index in [0.29, 0.717) is 13.2 Å². The van der Waals surface area contributed by atoms with E-state index in [-0.39, 0.29) is 0 Å². The summed E-state index contributed by atoms with van der Waals surface area (Å²) in [5, 5.41) is 0. The molecule has 0 aliphatic heterocycles. The number of rotatable bonds is 4. The first-order chi connectivity index (χ1) is 9.11. The number of hydrogen-bond donors (Lipinski definition) is 1. The van der Waals surface area contributed by atoms with Crippen LogP contribution in [0.2, 0.25) is 0 Å². The number of benzene rings is 2. The molecule has 0 aliphatic rings. The zero-order valence-electron chi connectivity index (χ0n) is 11.2. The van der Waals surface area contributed by atoms with Crippen LogP contribution in [0.15, 0.2) is 40.9 Å². The molecule has 0 saturated heterocycles. The summed E-state index contributed by atoms with van der Waals surface area (Å²) in [5.74, 6) is 0.855. The molecule has 2 aromatic carbocycles. The van der Waals surface area contributed by atoms with Gasteiger partial charge >= 0.3 is 0 Å². The molecule has 0 saturated carbocycles. The maximum Gasteiger partial charge on any atom is 0.124 e. The van der Waals surface area contributed by atoms with Crippen molar-refractivity contribution in [3.8, 4) is 5.75 Å². The van der Waals surface area contributed by atoms with Crippen molar-refractivity contribution >= 4 is 15.9 Å². The van der Waals surface area contributed by atoms with E-state index in [9.17, 15) is 0 Å². The van der Waals surface area contributed by atoms with Gasteiger partial charge in [-0.1, -0.05) is 34.1 Å². The molecule has 0 radical (unpaired) electrons. The summed E-state index contributed by atoms with van der Waals surface area (Å²) in [7, 11) is 0. The third-order valence-corrected chi connectivity index (χ3v) is 3.75. The van der Waals surface area contributed by atoms with Gasteiger partial charge in [0, 0.05) is 16.6 Å². The van der Waals surface area contributed by atoms with Crippen molar-refractivity contribution in [3.63, 3.8) is 0 Å². The van der Waals surface area contributed by atoms with Crippen LogP contribution in [-0.4, -0.2) is 0 Å². The minimum Gasteiger partial charge on any atom is -0.489 e. The van der Waals surface area contributed by atoms with Gasteiger partial charge < -0.3 is 10.5 Å². The molecule has 0 heterocycles. The number of aryl methyl sites for hydroxylation is 2. The van der Waals surface area contributed by atoms with Gasteiger partial charge in [0.05, 0.1) is 0 Å². The molecule has 0 unspecified atom stereocenters. The van der Waals surface area contributed by atoms with Gasteiger partial charge in [-0.05, 0) is 48.7 Å². The lowest BCUT2D eigenvalue weighted by Crippen LogP contribution is -2.04. The Morgan fingerprint density at radius 1 is 1.11 bits per heavy atom. The van der Waals surface area contributed by atoms with E-state index in [0.717, 1.165) is 15.8 Å². The number of halogens is 1. The van der Waals surface area contributed by atoms with E-state index < -0.39 is 0 Å². The monoisotopic (exact) mass is 319 g/mol. The summed E-state index contributed by atoms with van der Waals surface area (Å²) in [6, 6.07) is 12.2. The molecule has 2 N–H and O–H groups in total. The smallest absolute Gasteiger partial charge is 0.124 e. The number of ether oxygens (including phenoxy) is 1. The van der Waals surface area contributed by atoms with Crippen molar-refractivity contribution in [2.24, 2.45) is 5.73 Å². The molecule has 0 amide bonds. The molecule has 2 nitrogen and oxygen atoms in total. The Labute approximate surface area is 122 Å². The third-order valence-electron chi connectivity index (χ3n) is 3.26. The van der Waals surface area contributed by atoms with Crippen molar-refractivity contribution in [2.45, 2.75) is 27.0 Å². The van der Waals surface area contributed by atoms with Crippen molar-refractivity contribution in [3.05, 3.63) is 63.1 Å². The van der Waals surface area contributed by atoms with E-state index in [2.05, 4.69) is 48.0 Å². The van der Waals surface area contributed by atoms with Crippen LogP contribution in [0.5, 0.6) is 5.75 Å². The highest BCUT2D eigenvalue weighted by Gasteiger charge is 2.06. The van der Waals surface area contributed by atoms with E-state index in [1.54, 1.807) is 0 Å². The lowest BCUT2D eigenvalue weighted by Gasteiger charge is -2.14. The highest BCUT2D eigenvalue weighted by molar-refractivity contribution is 9.10. The normalized spacial score (nSPS) is 10.5. The van der Waals surface area contributed by atoms with E-state index >= 15 is 0 Å². The van der Waals surface area contributed by atoms with Crippen LogP contribution in [0.4, 0.5) is 0 Å². The molecule has 0 aliphatic carbocycles. The summed E-state index contributed by atoms with van der Waals surface area (Å²) in [6.07, 6.45) is 0. The SMILES string of the molecule is Cc1cccc(C)c1COc1ccc(Br)cc1CN. The zero-order chi connectivity index (χ0) is 13.8. The van der Waals surface area contributed by atoms with Crippen LogP contribution >= 0.6 is 15.9 Å². The van der Waals surface area contributed by atoms with Crippen LogP contribution in [-0.2, 0) is 13.2 Å². The largest absolute Gasteiger partial charge is 0.489 e. The van der Waals surface area contributed by atoms with Crippen molar-refractivity contribution in [2.75, 3.05) is 0 Å². The summed E-state index contributed by atoms with van der Waals surface area (Å²) in [5.41, 5.74) is 10.5. The Morgan fingerprint density at radius 3 is 2.42 bits per heavy atom. The van der Waals surface area contributed by atoms with Crippen LogP contribution < -0.4 is 10.5 Å². The summed E-state index contributed by atoms with van der Waals surface area (Å²) in [4.78, 5) is 0. The summed E-state index contributed by atoms with van der Waals surface area (Å²) < 4.78 is 6.95. The molecule has 0 atom stereocenters. The first-order valence-corrected chi connectivity index (χ1v) is 7.07. The van der Waals surface area contributed by atoms with E-state index in [4.69, 9.17) is 10.5 Å². The Bertz CT molecular complexity index is 561. The molecule has 0 aromatic heterocycles. The fourth-order valence-electron chi connectivity index (χ4n) is 2.07. The van der Waals surface area contributed by atoms with Gasteiger partial charge in [0.25, 0.3) is 0 Å². The molecular formula is C16H18BrNO. The lowest BCUT2D eigenvalue weighted by molar-refractivity contribution is 0.301. The second-order valence-corrected chi connectivity index (χ2v) is 5.53. The molecule has 0 bridgehead atoms. The fraction of sp³-hybridized carbons (Fsp3) is 0.250. The summed E-state index contributed by atoms with van der Waals surface area (Å²) >= 11 is 3.45. The van der Waals surface area contributed by atoms with Crippen LogP contribution in [0.25, 0.3) is 0 Å².